The van der Waals surface area contributed by atoms with Crippen molar-refractivity contribution in [1.29, 1.82) is 5.26 Å². The molecule has 18 heavy (non-hydrogen) atoms. The maximum atomic E-state index is 9.41. The Bertz CT molecular complexity index is 407. The molecule has 1 atom stereocenters. The third kappa shape index (κ3) is 3.08. The van der Waals surface area contributed by atoms with Crippen LogP contribution in [0.4, 0.5) is 0 Å². The maximum Gasteiger partial charge on any atom is 0.142 e. The summed E-state index contributed by atoms with van der Waals surface area (Å²) in [6.07, 6.45) is 0.996. The molecule has 0 saturated carbocycles. The van der Waals surface area contributed by atoms with E-state index in [4.69, 9.17) is 10.5 Å². The number of rotatable bonds is 3. The Kier molecular flexibility index (Phi) is 4.32. The molecular weight excluding hydrogens is 226 g/mol. The van der Waals surface area contributed by atoms with Crippen LogP contribution in [0.1, 0.15) is 12.0 Å². The zero-order valence-electron chi connectivity index (χ0n) is 10.5. The van der Waals surface area contributed by atoms with Gasteiger partial charge in [-0.05, 0) is 12.0 Å². The molecule has 1 aliphatic rings. The Morgan fingerprint density at radius 2 is 2.06 bits per heavy atom. The lowest BCUT2D eigenvalue weighted by Gasteiger charge is -2.29. The van der Waals surface area contributed by atoms with Gasteiger partial charge >= 0.3 is 0 Å². The van der Waals surface area contributed by atoms with Gasteiger partial charge in [-0.3, -0.25) is 4.90 Å². The summed E-state index contributed by atoms with van der Waals surface area (Å²) >= 11 is 0. The third-order valence-corrected chi connectivity index (χ3v) is 3.28. The average Bonchev–Trinajstić information content (AvgIpc) is 2.68. The normalized spacial score (nSPS) is 20.7. The number of benzene rings is 1. The maximum absolute atomic E-state index is 9.41. The molecule has 0 aromatic heterocycles. The second-order valence-corrected chi connectivity index (χ2v) is 4.69. The molecule has 4 nitrogen and oxygen atoms in total. The van der Waals surface area contributed by atoms with E-state index in [-0.39, 0.29) is 0 Å². The summed E-state index contributed by atoms with van der Waals surface area (Å²) in [5.74, 6) is 0. The molecular formula is C14H19N3O. The van der Waals surface area contributed by atoms with E-state index < -0.39 is 5.54 Å². The number of nitrogens with zero attached hydrogens (tertiary/aromatic N) is 2. The summed E-state index contributed by atoms with van der Waals surface area (Å²) in [6, 6.07) is 11.9. The lowest BCUT2D eigenvalue weighted by molar-refractivity contribution is 0.138. The predicted molar refractivity (Wildman–Crippen MR) is 69.8 cm³/mol. The zero-order valence-corrected chi connectivity index (χ0v) is 10.5. The number of hydrogen-bond acceptors (Lipinski definition) is 4. The number of ether oxygens (including phenoxy) is 1. The first-order chi connectivity index (χ1) is 8.74. The summed E-state index contributed by atoms with van der Waals surface area (Å²) in [7, 11) is 0. The van der Waals surface area contributed by atoms with Crippen LogP contribution >= 0.6 is 0 Å². The lowest BCUT2D eigenvalue weighted by Crippen LogP contribution is -2.47. The van der Waals surface area contributed by atoms with Crippen LogP contribution < -0.4 is 5.73 Å². The highest BCUT2D eigenvalue weighted by molar-refractivity contribution is 5.31. The van der Waals surface area contributed by atoms with Crippen molar-refractivity contribution in [1.82, 2.24) is 4.90 Å². The largest absolute Gasteiger partial charge is 0.380 e. The summed E-state index contributed by atoms with van der Waals surface area (Å²) in [4.78, 5) is 2.21. The van der Waals surface area contributed by atoms with E-state index in [1.54, 1.807) is 0 Å². The monoisotopic (exact) mass is 245 g/mol. The smallest absolute Gasteiger partial charge is 0.142 e. The highest BCUT2D eigenvalue weighted by Gasteiger charge is 2.30. The van der Waals surface area contributed by atoms with E-state index in [0.717, 1.165) is 38.3 Å². The predicted octanol–water partition coefficient (Wildman–Crippen LogP) is 1.09. The third-order valence-electron chi connectivity index (χ3n) is 3.28. The van der Waals surface area contributed by atoms with Gasteiger partial charge in [-0.25, -0.2) is 0 Å². The average molecular weight is 245 g/mol. The molecule has 2 N–H and O–H groups in total. The second-order valence-electron chi connectivity index (χ2n) is 4.69. The van der Waals surface area contributed by atoms with Crippen LogP contribution in [0.3, 0.4) is 0 Å². The summed E-state index contributed by atoms with van der Waals surface area (Å²) in [5, 5.41) is 9.41. The van der Waals surface area contributed by atoms with E-state index >= 15 is 0 Å². The molecule has 96 valence electrons. The van der Waals surface area contributed by atoms with Gasteiger partial charge in [-0.15, -0.1) is 0 Å². The first kappa shape index (κ1) is 13.0. The summed E-state index contributed by atoms with van der Waals surface area (Å²) in [6.45, 7) is 3.85. The number of nitrogens with two attached hydrogens (primary N) is 1. The van der Waals surface area contributed by atoms with E-state index in [9.17, 15) is 5.26 Å². The minimum atomic E-state index is -0.939. The van der Waals surface area contributed by atoms with Crippen molar-refractivity contribution in [2.75, 3.05) is 32.8 Å². The van der Waals surface area contributed by atoms with Crippen molar-refractivity contribution in [2.24, 2.45) is 5.73 Å². The quantitative estimate of drug-likeness (QED) is 0.865. The van der Waals surface area contributed by atoms with E-state index in [0.29, 0.717) is 6.54 Å². The van der Waals surface area contributed by atoms with Gasteiger partial charge in [0.15, 0.2) is 0 Å². The van der Waals surface area contributed by atoms with Gasteiger partial charge < -0.3 is 10.5 Å². The van der Waals surface area contributed by atoms with E-state index in [1.165, 1.54) is 0 Å². The van der Waals surface area contributed by atoms with Crippen molar-refractivity contribution in [3.63, 3.8) is 0 Å². The van der Waals surface area contributed by atoms with Crippen molar-refractivity contribution in [2.45, 2.75) is 12.0 Å². The minimum absolute atomic E-state index is 0.552. The van der Waals surface area contributed by atoms with Gasteiger partial charge in [-0.1, -0.05) is 30.3 Å². The van der Waals surface area contributed by atoms with Crippen molar-refractivity contribution >= 4 is 0 Å². The van der Waals surface area contributed by atoms with Crippen molar-refractivity contribution in [3.05, 3.63) is 35.9 Å². The Morgan fingerprint density at radius 3 is 2.78 bits per heavy atom. The van der Waals surface area contributed by atoms with Crippen LogP contribution in [0.25, 0.3) is 0 Å². The van der Waals surface area contributed by atoms with Crippen LogP contribution in [-0.4, -0.2) is 37.7 Å². The number of hydrogen-bond donors (Lipinski definition) is 1. The highest BCUT2D eigenvalue weighted by Crippen LogP contribution is 2.19. The molecule has 0 radical (unpaired) electrons. The first-order valence-corrected chi connectivity index (χ1v) is 6.30. The number of nitriles is 1. The van der Waals surface area contributed by atoms with Crippen LogP contribution in [0.5, 0.6) is 0 Å². The first-order valence-electron chi connectivity index (χ1n) is 6.30. The second kappa shape index (κ2) is 5.96. The van der Waals surface area contributed by atoms with Crippen LogP contribution in [-0.2, 0) is 10.3 Å². The SMILES string of the molecule is N#CC(N)(CN1CCCOCC1)c1ccccc1. The molecule has 4 heteroatoms. The molecule has 1 saturated heterocycles. The highest BCUT2D eigenvalue weighted by atomic mass is 16.5. The van der Waals surface area contributed by atoms with Crippen LogP contribution in [0, 0.1) is 11.3 Å². The van der Waals surface area contributed by atoms with Crippen molar-refractivity contribution < 1.29 is 4.74 Å². The van der Waals surface area contributed by atoms with E-state index in [2.05, 4.69) is 11.0 Å². The Morgan fingerprint density at radius 1 is 1.28 bits per heavy atom. The molecule has 1 unspecified atom stereocenters. The molecule has 1 aliphatic heterocycles. The molecule has 1 aromatic carbocycles. The topological polar surface area (TPSA) is 62.3 Å². The fourth-order valence-electron chi connectivity index (χ4n) is 2.24. The standard InChI is InChI=1S/C14H19N3O/c15-11-14(16,13-5-2-1-3-6-13)12-17-7-4-9-18-10-8-17/h1-3,5-6H,4,7-10,12,16H2. The van der Waals surface area contributed by atoms with Gasteiger partial charge in [0.05, 0.1) is 12.7 Å². The Balaban J connectivity index is 2.10. The summed E-state index contributed by atoms with van der Waals surface area (Å²) in [5.41, 5.74) is 6.19. The molecule has 2 rings (SSSR count). The molecule has 1 fully saturated rings. The van der Waals surface area contributed by atoms with Gasteiger partial charge in [0, 0.05) is 26.2 Å². The lowest BCUT2D eigenvalue weighted by atomic mass is 9.92. The minimum Gasteiger partial charge on any atom is -0.380 e. The van der Waals surface area contributed by atoms with Crippen molar-refractivity contribution in [3.8, 4) is 6.07 Å². The molecule has 0 spiro atoms. The fraction of sp³-hybridized carbons (Fsp3) is 0.500. The van der Waals surface area contributed by atoms with Crippen LogP contribution in [0.15, 0.2) is 30.3 Å². The van der Waals surface area contributed by atoms with Gasteiger partial charge in [0.1, 0.15) is 5.54 Å². The van der Waals surface area contributed by atoms with E-state index in [1.807, 2.05) is 30.3 Å². The fourth-order valence-corrected chi connectivity index (χ4v) is 2.24. The van der Waals surface area contributed by atoms with Gasteiger partial charge in [-0.2, -0.15) is 5.26 Å². The van der Waals surface area contributed by atoms with Gasteiger partial charge in [0.25, 0.3) is 0 Å². The van der Waals surface area contributed by atoms with Crippen LogP contribution in [0.2, 0.25) is 0 Å². The van der Waals surface area contributed by atoms with Gasteiger partial charge in [0.2, 0.25) is 0 Å². The molecule has 1 heterocycles. The molecule has 0 bridgehead atoms. The molecule has 1 aromatic rings. The summed E-state index contributed by atoms with van der Waals surface area (Å²) < 4.78 is 5.41. The zero-order chi connectivity index (χ0) is 12.8. The Hall–Kier alpha value is -1.41. The molecule has 0 amide bonds. The Labute approximate surface area is 108 Å². The molecule has 0 aliphatic carbocycles.